The number of hydrogen-bond acceptors (Lipinski definition) is 0. The van der Waals surface area contributed by atoms with Crippen molar-refractivity contribution in [2.45, 2.75) is 69.2 Å². The summed E-state index contributed by atoms with van der Waals surface area (Å²) in [4.78, 5) is 0. The van der Waals surface area contributed by atoms with Crippen molar-refractivity contribution in [2.75, 3.05) is 0 Å². The summed E-state index contributed by atoms with van der Waals surface area (Å²) in [6.07, 6.45) is 0. The molecule has 0 spiro atoms. The van der Waals surface area contributed by atoms with E-state index in [0.717, 1.165) is 0 Å². The van der Waals surface area contributed by atoms with Crippen LogP contribution in [0.5, 0.6) is 0 Å². The zero-order valence-corrected chi connectivity index (χ0v) is 13.2. The first-order chi connectivity index (χ1) is 6.65. The molecule has 0 radical (unpaired) electrons. The highest BCUT2D eigenvalue weighted by molar-refractivity contribution is 5.20. The zero-order valence-electron chi connectivity index (χ0n) is 13.2. The standard InChI is InChI=1S/C16H32/c1-12(13(2,3)4)15(8,9)16(10,11)14(5,6)7/h1H2,2-11H3. The molecule has 0 aromatic heterocycles. The van der Waals surface area contributed by atoms with Crippen LogP contribution in [0.15, 0.2) is 12.2 Å². The second-order valence-corrected chi connectivity index (χ2v) is 8.23. The lowest BCUT2D eigenvalue weighted by molar-refractivity contribution is 0.00740. The summed E-state index contributed by atoms with van der Waals surface area (Å²) >= 11 is 0. The molecule has 0 saturated carbocycles. The van der Waals surface area contributed by atoms with E-state index in [1.807, 2.05) is 0 Å². The number of allylic oxidation sites excluding steroid dienone is 1. The monoisotopic (exact) mass is 224 g/mol. The highest BCUT2D eigenvalue weighted by atomic mass is 14.5. The third-order valence-electron chi connectivity index (χ3n) is 5.10. The Bertz CT molecular complexity index is 263. The van der Waals surface area contributed by atoms with E-state index in [1.165, 1.54) is 5.57 Å². The average molecular weight is 224 g/mol. The smallest absolute Gasteiger partial charge is 0.00860 e. The molecule has 0 atom stereocenters. The van der Waals surface area contributed by atoms with Gasteiger partial charge >= 0.3 is 0 Å². The third kappa shape index (κ3) is 2.52. The van der Waals surface area contributed by atoms with E-state index < -0.39 is 0 Å². The molecular formula is C16H32. The van der Waals surface area contributed by atoms with Gasteiger partial charge in [-0.25, -0.2) is 0 Å². The Morgan fingerprint density at radius 2 is 1.00 bits per heavy atom. The van der Waals surface area contributed by atoms with Gasteiger partial charge in [0.1, 0.15) is 0 Å². The quantitative estimate of drug-likeness (QED) is 0.529. The van der Waals surface area contributed by atoms with Gasteiger partial charge in [0.2, 0.25) is 0 Å². The first-order valence-electron chi connectivity index (χ1n) is 6.35. The maximum Gasteiger partial charge on any atom is -0.00860 e. The molecule has 0 aliphatic heterocycles. The Labute approximate surface area is 104 Å². The largest absolute Gasteiger partial charge is 0.0988 e. The molecule has 0 nitrogen and oxygen atoms in total. The molecule has 0 aliphatic carbocycles. The van der Waals surface area contributed by atoms with Crippen LogP contribution in [0.4, 0.5) is 0 Å². The molecule has 0 heteroatoms. The van der Waals surface area contributed by atoms with Crippen LogP contribution in [-0.4, -0.2) is 0 Å². The molecule has 0 unspecified atom stereocenters. The molecule has 0 aliphatic rings. The second-order valence-electron chi connectivity index (χ2n) is 8.23. The molecular weight excluding hydrogens is 192 g/mol. The Morgan fingerprint density at radius 3 is 1.19 bits per heavy atom. The maximum absolute atomic E-state index is 4.38. The van der Waals surface area contributed by atoms with E-state index in [-0.39, 0.29) is 21.7 Å². The van der Waals surface area contributed by atoms with Crippen molar-refractivity contribution in [3.63, 3.8) is 0 Å². The summed E-state index contributed by atoms with van der Waals surface area (Å²) in [6, 6.07) is 0. The van der Waals surface area contributed by atoms with Gasteiger partial charge in [0.05, 0.1) is 0 Å². The Balaban J connectivity index is 5.46. The van der Waals surface area contributed by atoms with E-state index in [9.17, 15) is 0 Å². The molecule has 0 fully saturated rings. The Morgan fingerprint density at radius 1 is 0.688 bits per heavy atom. The highest BCUT2D eigenvalue weighted by Gasteiger charge is 2.48. The van der Waals surface area contributed by atoms with Crippen molar-refractivity contribution in [2.24, 2.45) is 21.7 Å². The topological polar surface area (TPSA) is 0 Å². The molecule has 0 rings (SSSR count). The van der Waals surface area contributed by atoms with Crippen molar-refractivity contribution in [3.05, 3.63) is 12.2 Å². The van der Waals surface area contributed by atoms with Crippen LogP contribution in [0.25, 0.3) is 0 Å². The fourth-order valence-electron chi connectivity index (χ4n) is 2.25. The van der Waals surface area contributed by atoms with Gasteiger partial charge in [-0.05, 0) is 21.7 Å². The van der Waals surface area contributed by atoms with Gasteiger partial charge in [-0.2, -0.15) is 0 Å². The summed E-state index contributed by atoms with van der Waals surface area (Å²) in [5.41, 5.74) is 2.13. The zero-order chi connectivity index (χ0) is 13.6. The minimum Gasteiger partial charge on any atom is -0.0988 e. The SMILES string of the molecule is C=C(C(C)(C)C)C(C)(C)C(C)(C)C(C)(C)C. The fourth-order valence-corrected chi connectivity index (χ4v) is 2.25. The second kappa shape index (κ2) is 3.89. The molecule has 0 bridgehead atoms. The van der Waals surface area contributed by atoms with Crippen molar-refractivity contribution in [1.82, 2.24) is 0 Å². The van der Waals surface area contributed by atoms with Gasteiger partial charge in [-0.1, -0.05) is 81.4 Å². The van der Waals surface area contributed by atoms with E-state index in [0.29, 0.717) is 0 Å². The van der Waals surface area contributed by atoms with Gasteiger partial charge in [0.15, 0.2) is 0 Å². The summed E-state index contributed by atoms with van der Waals surface area (Å²) in [5.74, 6) is 0. The van der Waals surface area contributed by atoms with E-state index >= 15 is 0 Å². The van der Waals surface area contributed by atoms with Crippen LogP contribution in [0.3, 0.4) is 0 Å². The molecule has 0 amide bonds. The van der Waals surface area contributed by atoms with Crippen LogP contribution < -0.4 is 0 Å². The third-order valence-corrected chi connectivity index (χ3v) is 5.10. The minimum atomic E-state index is 0.128. The number of hydrogen-bond donors (Lipinski definition) is 0. The lowest BCUT2D eigenvalue weighted by Crippen LogP contribution is -2.46. The van der Waals surface area contributed by atoms with Crippen molar-refractivity contribution in [3.8, 4) is 0 Å². The Kier molecular flexibility index (Phi) is 3.83. The van der Waals surface area contributed by atoms with Crippen LogP contribution in [-0.2, 0) is 0 Å². The first kappa shape index (κ1) is 15.7. The predicted octanol–water partition coefficient (Wildman–Crippen LogP) is 5.69. The molecule has 16 heavy (non-hydrogen) atoms. The highest BCUT2D eigenvalue weighted by Crippen LogP contribution is 2.57. The Hall–Kier alpha value is -0.260. The van der Waals surface area contributed by atoms with Crippen LogP contribution in [0, 0.1) is 21.7 Å². The van der Waals surface area contributed by atoms with Gasteiger partial charge in [-0.3, -0.25) is 0 Å². The predicted molar refractivity (Wildman–Crippen MR) is 75.6 cm³/mol. The van der Waals surface area contributed by atoms with Crippen LogP contribution in [0.1, 0.15) is 69.2 Å². The minimum absolute atomic E-state index is 0.128. The van der Waals surface area contributed by atoms with Crippen LogP contribution >= 0.6 is 0 Å². The molecule has 0 N–H and O–H groups in total. The molecule has 0 aromatic carbocycles. The number of rotatable bonds is 2. The van der Waals surface area contributed by atoms with E-state index in [4.69, 9.17) is 0 Å². The summed E-state index contributed by atoms with van der Waals surface area (Å²) in [7, 11) is 0. The summed E-state index contributed by atoms with van der Waals surface area (Å²) in [6.45, 7) is 27.5. The lowest BCUT2D eigenvalue weighted by Gasteiger charge is -2.54. The van der Waals surface area contributed by atoms with Gasteiger partial charge in [-0.15, -0.1) is 0 Å². The normalized spacial score (nSPS) is 15.1. The molecule has 0 aromatic rings. The molecule has 0 saturated heterocycles. The van der Waals surface area contributed by atoms with Crippen LogP contribution in [0.2, 0.25) is 0 Å². The fraction of sp³-hybridized carbons (Fsp3) is 0.875. The lowest BCUT2D eigenvalue weighted by atomic mass is 9.51. The van der Waals surface area contributed by atoms with Crippen molar-refractivity contribution < 1.29 is 0 Å². The van der Waals surface area contributed by atoms with E-state index in [2.05, 4.69) is 75.8 Å². The van der Waals surface area contributed by atoms with Crippen molar-refractivity contribution in [1.29, 1.82) is 0 Å². The average Bonchev–Trinajstić information content (AvgIpc) is 1.98. The molecule has 0 heterocycles. The summed E-state index contributed by atoms with van der Waals surface area (Å²) < 4.78 is 0. The maximum atomic E-state index is 4.38. The first-order valence-corrected chi connectivity index (χ1v) is 6.35. The van der Waals surface area contributed by atoms with Gasteiger partial charge in [0.25, 0.3) is 0 Å². The molecule has 96 valence electrons. The van der Waals surface area contributed by atoms with Gasteiger partial charge < -0.3 is 0 Å². The van der Waals surface area contributed by atoms with Crippen molar-refractivity contribution >= 4 is 0 Å². The van der Waals surface area contributed by atoms with E-state index in [1.54, 1.807) is 0 Å². The van der Waals surface area contributed by atoms with Gasteiger partial charge in [0, 0.05) is 0 Å². The summed E-state index contributed by atoms with van der Waals surface area (Å²) in [5, 5.41) is 0.